The predicted octanol–water partition coefficient (Wildman–Crippen LogP) is 2.49. The van der Waals surface area contributed by atoms with E-state index in [0.29, 0.717) is 19.0 Å². The van der Waals surface area contributed by atoms with Crippen molar-refractivity contribution in [3.8, 4) is 0 Å². The van der Waals surface area contributed by atoms with Gasteiger partial charge in [-0.25, -0.2) is 4.98 Å². The fourth-order valence-electron chi connectivity index (χ4n) is 1.91. The van der Waals surface area contributed by atoms with Crippen molar-refractivity contribution in [3.05, 3.63) is 72.4 Å². The zero-order chi connectivity index (χ0) is 15.0. The van der Waals surface area contributed by atoms with E-state index in [9.17, 15) is 0 Å². The van der Waals surface area contributed by atoms with E-state index in [4.69, 9.17) is 0 Å². The summed E-state index contributed by atoms with van der Waals surface area (Å²) in [5, 5.41) is 6.43. The minimum absolute atomic E-state index is 0.574. The summed E-state index contributed by atoms with van der Waals surface area (Å²) in [5.41, 5.74) is 2.10. The van der Waals surface area contributed by atoms with E-state index >= 15 is 0 Å². The van der Waals surface area contributed by atoms with Gasteiger partial charge in [-0.3, -0.25) is 9.97 Å². The maximum atomic E-state index is 4.43. The number of rotatable bonds is 6. The first kappa shape index (κ1) is 13.9. The molecule has 3 aromatic heterocycles. The van der Waals surface area contributed by atoms with Gasteiger partial charge in [-0.2, -0.15) is 4.98 Å². The summed E-state index contributed by atoms with van der Waals surface area (Å²) in [4.78, 5) is 16.9. The number of anilines is 2. The third-order valence-corrected chi connectivity index (χ3v) is 3.03. The molecular formula is C16H16N6. The molecule has 2 N–H and O–H groups in total. The molecule has 0 saturated carbocycles. The average molecular weight is 292 g/mol. The van der Waals surface area contributed by atoms with Crippen LogP contribution < -0.4 is 10.6 Å². The van der Waals surface area contributed by atoms with Crippen molar-refractivity contribution in [1.29, 1.82) is 0 Å². The molecule has 6 heteroatoms. The Balaban J connectivity index is 1.58. The third kappa shape index (κ3) is 3.99. The maximum Gasteiger partial charge on any atom is 0.224 e. The summed E-state index contributed by atoms with van der Waals surface area (Å²) in [6.45, 7) is 1.29. The number of pyridine rings is 2. The van der Waals surface area contributed by atoms with Crippen molar-refractivity contribution in [2.75, 3.05) is 10.6 Å². The van der Waals surface area contributed by atoms with Crippen LogP contribution in [0.5, 0.6) is 0 Å². The van der Waals surface area contributed by atoms with Crippen molar-refractivity contribution in [2.45, 2.75) is 13.1 Å². The topological polar surface area (TPSA) is 75.6 Å². The number of nitrogens with one attached hydrogen (secondary N) is 2. The van der Waals surface area contributed by atoms with Crippen LogP contribution in [0, 0.1) is 0 Å². The van der Waals surface area contributed by atoms with E-state index in [1.54, 1.807) is 24.8 Å². The fraction of sp³-hybridized carbons (Fsp3) is 0.125. The van der Waals surface area contributed by atoms with Gasteiger partial charge < -0.3 is 10.6 Å². The van der Waals surface area contributed by atoms with E-state index in [-0.39, 0.29) is 0 Å². The second kappa shape index (κ2) is 7.12. The van der Waals surface area contributed by atoms with Crippen molar-refractivity contribution in [2.24, 2.45) is 0 Å². The number of nitrogens with zero attached hydrogens (tertiary/aromatic N) is 4. The number of hydrogen-bond donors (Lipinski definition) is 2. The Morgan fingerprint density at radius 3 is 2.50 bits per heavy atom. The van der Waals surface area contributed by atoms with Gasteiger partial charge in [-0.15, -0.1) is 0 Å². The molecule has 6 nitrogen and oxygen atoms in total. The Hall–Kier alpha value is -3.02. The summed E-state index contributed by atoms with van der Waals surface area (Å²) in [7, 11) is 0. The molecule has 0 aromatic carbocycles. The van der Waals surface area contributed by atoms with E-state index in [0.717, 1.165) is 17.1 Å². The minimum Gasteiger partial charge on any atom is -0.366 e. The van der Waals surface area contributed by atoms with Crippen LogP contribution in [0.15, 0.2) is 61.2 Å². The lowest BCUT2D eigenvalue weighted by molar-refractivity contribution is 0.995. The van der Waals surface area contributed by atoms with Crippen LogP contribution in [-0.2, 0) is 13.1 Å². The van der Waals surface area contributed by atoms with Gasteiger partial charge in [0.2, 0.25) is 5.95 Å². The second-order valence-corrected chi connectivity index (χ2v) is 4.65. The normalized spacial score (nSPS) is 10.2. The fourth-order valence-corrected chi connectivity index (χ4v) is 1.91. The first-order valence-corrected chi connectivity index (χ1v) is 7.00. The Morgan fingerprint density at radius 2 is 1.68 bits per heavy atom. The highest BCUT2D eigenvalue weighted by Crippen LogP contribution is 2.08. The SMILES string of the molecule is c1ccc(CNc2nccc(NCc3ccncc3)n2)nc1. The molecule has 22 heavy (non-hydrogen) atoms. The number of hydrogen-bond acceptors (Lipinski definition) is 6. The third-order valence-electron chi connectivity index (χ3n) is 3.03. The van der Waals surface area contributed by atoms with Crippen LogP contribution in [0.25, 0.3) is 0 Å². The van der Waals surface area contributed by atoms with Gasteiger partial charge in [0.15, 0.2) is 0 Å². The summed E-state index contributed by atoms with van der Waals surface area (Å²) in [6, 6.07) is 11.6. The van der Waals surface area contributed by atoms with Crippen LogP contribution in [0.1, 0.15) is 11.3 Å². The number of aromatic nitrogens is 4. The molecule has 3 rings (SSSR count). The molecule has 0 saturated heterocycles. The lowest BCUT2D eigenvalue weighted by atomic mass is 10.3. The Bertz CT molecular complexity index is 643. The molecule has 0 aliphatic heterocycles. The van der Waals surface area contributed by atoms with Crippen molar-refractivity contribution < 1.29 is 0 Å². The van der Waals surface area contributed by atoms with Gasteiger partial charge in [0, 0.05) is 31.3 Å². The van der Waals surface area contributed by atoms with E-state index in [2.05, 4.69) is 30.6 Å². The van der Waals surface area contributed by atoms with E-state index in [1.807, 2.05) is 36.4 Å². The quantitative estimate of drug-likeness (QED) is 0.727. The molecular weight excluding hydrogens is 276 g/mol. The second-order valence-electron chi connectivity index (χ2n) is 4.65. The molecule has 0 fully saturated rings. The van der Waals surface area contributed by atoms with Gasteiger partial charge >= 0.3 is 0 Å². The smallest absolute Gasteiger partial charge is 0.224 e. The van der Waals surface area contributed by atoms with Gasteiger partial charge in [0.1, 0.15) is 5.82 Å². The minimum atomic E-state index is 0.574. The van der Waals surface area contributed by atoms with Crippen molar-refractivity contribution in [3.63, 3.8) is 0 Å². The maximum absolute atomic E-state index is 4.43. The van der Waals surface area contributed by atoms with E-state index < -0.39 is 0 Å². The lowest BCUT2D eigenvalue weighted by Crippen LogP contribution is -2.07. The summed E-state index contributed by atoms with van der Waals surface area (Å²) >= 11 is 0. The van der Waals surface area contributed by atoms with Gasteiger partial charge in [0.25, 0.3) is 0 Å². The lowest BCUT2D eigenvalue weighted by Gasteiger charge is -2.08. The molecule has 0 unspecified atom stereocenters. The van der Waals surface area contributed by atoms with Crippen LogP contribution in [0.4, 0.5) is 11.8 Å². The van der Waals surface area contributed by atoms with Gasteiger partial charge in [-0.1, -0.05) is 6.07 Å². The van der Waals surface area contributed by atoms with Crippen LogP contribution >= 0.6 is 0 Å². The first-order valence-electron chi connectivity index (χ1n) is 7.00. The highest BCUT2D eigenvalue weighted by molar-refractivity contribution is 5.40. The molecule has 3 aromatic rings. The van der Waals surface area contributed by atoms with Crippen molar-refractivity contribution in [1.82, 2.24) is 19.9 Å². The van der Waals surface area contributed by atoms with Crippen molar-refractivity contribution >= 4 is 11.8 Å². The van der Waals surface area contributed by atoms with Crippen LogP contribution in [-0.4, -0.2) is 19.9 Å². The summed E-state index contributed by atoms with van der Waals surface area (Å²) in [5.74, 6) is 1.35. The molecule has 0 bridgehead atoms. The molecule has 0 atom stereocenters. The average Bonchev–Trinajstić information content (AvgIpc) is 2.60. The first-order chi connectivity index (χ1) is 10.9. The molecule has 0 aliphatic carbocycles. The molecule has 0 radical (unpaired) electrons. The van der Waals surface area contributed by atoms with E-state index in [1.165, 1.54) is 0 Å². The Labute approximate surface area is 128 Å². The summed E-state index contributed by atoms with van der Waals surface area (Å²) in [6.07, 6.45) is 7.04. The monoisotopic (exact) mass is 292 g/mol. The van der Waals surface area contributed by atoms with Gasteiger partial charge in [0.05, 0.1) is 12.2 Å². The highest BCUT2D eigenvalue weighted by atomic mass is 15.1. The van der Waals surface area contributed by atoms with Crippen LogP contribution in [0.2, 0.25) is 0 Å². The predicted molar refractivity (Wildman–Crippen MR) is 85.2 cm³/mol. The summed E-state index contributed by atoms with van der Waals surface area (Å²) < 4.78 is 0. The molecule has 3 heterocycles. The molecule has 0 spiro atoms. The largest absolute Gasteiger partial charge is 0.366 e. The Morgan fingerprint density at radius 1 is 0.773 bits per heavy atom. The standard InChI is InChI=1S/C16H16N6/c1-2-7-18-14(3-1)12-21-16-19-10-6-15(22-16)20-11-13-4-8-17-9-5-13/h1-10H,11-12H2,(H2,19,20,21,22). The Kier molecular flexibility index (Phi) is 4.51. The highest BCUT2D eigenvalue weighted by Gasteiger charge is 2.00. The van der Waals surface area contributed by atoms with Crippen LogP contribution in [0.3, 0.4) is 0 Å². The van der Waals surface area contributed by atoms with Gasteiger partial charge in [-0.05, 0) is 35.9 Å². The molecule has 0 amide bonds. The molecule has 110 valence electrons. The molecule has 0 aliphatic rings. The zero-order valence-corrected chi connectivity index (χ0v) is 12.0. The zero-order valence-electron chi connectivity index (χ0n) is 12.0.